The first kappa shape index (κ1) is 12.4. The Labute approximate surface area is 104 Å². The SMILES string of the molecule is CCC(N)c1n[nH]c(=O)n1-c1ccccc1OC. The normalized spacial score (nSPS) is 12.4. The maximum Gasteiger partial charge on any atom is 0.348 e. The maximum atomic E-state index is 11.9. The summed E-state index contributed by atoms with van der Waals surface area (Å²) in [4.78, 5) is 11.9. The van der Waals surface area contributed by atoms with Gasteiger partial charge in [0.1, 0.15) is 5.75 Å². The smallest absolute Gasteiger partial charge is 0.348 e. The largest absolute Gasteiger partial charge is 0.495 e. The maximum absolute atomic E-state index is 11.9. The average Bonchev–Trinajstić information content (AvgIpc) is 2.79. The van der Waals surface area contributed by atoms with E-state index in [1.165, 1.54) is 4.57 Å². The van der Waals surface area contributed by atoms with Gasteiger partial charge in [0.15, 0.2) is 5.82 Å². The van der Waals surface area contributed by atoms with Gasteiger partial charge in [-0.25, -0.2) is 14.5 Å². The quantitative estimate of drug-likeness (QED) is 0.844. The van der Waals surface area contributed by atoms with E-state index in [-0.39, 0.29) is 11.7 Å². The lowest BCUT2D eigenvalue weighted by Crippen LogP contribution is -2.22. The lowest BCUT2D eigenvalue weighted by atomic mass is 10.2. The summed E-state index contributed by atoms with van der Waals surface area (Å²) in [5.74, 6) is 1.11. The van der Waals surface area contributed by atoms with Crippen molar-refractivity contribution >= 4 is 0 Å². The Morgan fingerprint density at radius 2 is 2.22 bits per heavy atom. The molecule has 0 bridgehead atoms. The van der Waals surface area contributed by atoms with Gasteiger partial charge in [0.05, 0.1) is 18.8 Å². The molecule has 0 saturated carbocycles. The molecule has 0 fully saturated rings. The van der Waals surface area contributed by atoms with E-state index in [1.807, 2.05) is 19.1 Å². The number of aromatic amines is 1. The van der Waals surface area contributed by atoms with Gasteiger partial charge < -0.3 is 10.5 Å². The number of nitrogens with one attached hydrogen (secondary N) is 1. The summed E-state index contributed by atoms with van der Waals surface area (Å²) in [6, 6.07) is 6.96. The average molecular weight is 248 g/mol. The van der Waals surface area contributed by atoms with Gasteiger partial charge in [0.25, 0.3) is 0 Å². The molecule has 2 rings (SSSR count). The predicted molar refractivity (Wildman–Crippen MR) is 68.0 cm³/mol. The Balaban J connectivity index is 2.63. The first-order valence-corrected chi connectivity index (χ1v) is 5.75. The van der Waals surface area contributed by atoms with Crippen LogP contribution < -0.4 is 16.2 Å². The van der Waals surface area contributed by atoms with Gasteiger partial charge in [-0.2, -0.15) is 5.10 Å². The summed E-state index contributed by atoms with van der Waals surface area (Å²) in [6.45, 7) is 1.94. The summed E-state index contributed by atoms with van der Waals surface area (Å²) in [5.41, 5.74) is 6.27. The van der Waals surface area contributed by atoms with Crippen LogP contribution in [-0.2, 0) is 0 Å². The second kappa shape index (κ2) is 5.05. The summed E-state index contributed by atoms with van der Waals surface area (Å²) in [6.07, 6.45) is 0.694. The van der Waals surface area contributed by atoms with Crippen molar-refractivity contribution in [2.45, 2.75) is 19.4 Å². The van der Waals surface area contributed by atoms with Crippen LogP contribution in [0.2, 0.25) is 0 Å². The zero-order valence-electron chi connectivity index (χ0n) is 10.4. The molecule has 1 unspecified atom stereocenters. The first-order chi connectivity index (χ1) is 8.69. The Bertz CT molecular complexity index is 588. The number of hydrogen-bond donors (Lipinski definition) is 2. The molecule has 0 aliphatic heterocycles. The fourth-order valence-corrected chi connectivity index (χ4v) is 1.79. The number of nitrogens with two attached hydrogens (primary N) is 1. The van der Waals surface area contributed by atoms with E-state index in [4.69, 9.17) is 10.5 Å². The van der Waals surface area contributed by atoms with Crippen LogP contribution in [0.4, 0.5) is 0 Å². The fourth-order valence-electron chi connectivity index (χ4n) is 1.79. The van der Waals surface area contributed by atoms with E-state index >= 15 is 0 Å². The molecule has 1 aromatic heterocycles. The molecule has 0 radical (unpaired) electrons. The Morgan fingerprint density at radius 3 is 2.89 bits per heavy atom. The number of hydrogen-bond acceptors (Lipinski definition) is 4. The molecule has 96 valence electrons. The number of para-hydroxylation sites is 2. The molecule has 2 aromatic rings. The van der Waals surface area contributed by atoms with Crippen molar-refractivity contribution in [1.82, 2.24) is 14.8 Å². The van der Waals surface area contributed by atoms with Crippen LogP contribution in [0.5, 0.6) is 5.75 Å². The van der Waals surface area contributed by atoms with Crippen LogP contribution in [0.1, 0.15) is 25.2 Å². The Morgan fingerprint density at radius 1 is 1.50 bits per heavy atom. The molecular formula is C12H16N4O2. The summed E-state index contributed by atoms with van der Waals surface area (Å²) in [7, 11) is 1.56. The lowest BCUT2D eigenvalue weighted by molar-refractivity contribution is 0.412. The van der Waals surface area contributed by atoms with Gasteiger partial charge in [0.2, 0.25) is 0 Å². The molecule has 3 N–H and O–H groups in total. The second-order valence-electron chi connectivity index (χ2n) is 3.91. The minimum atomic E-state index is -0.321. The molecule has 6 heteroatoms. The van der Waals surface area contributed by atoms with E-state index in [0.29, 0.717) is 23.7 Å². The summed E-state index contributed by atoms with van der Waals surface area (Å²) in [5, 5.41) is 6.41. The van der Waals surface area contributed by atoms with E-state index < -0.39 is 0 Å². The number of benzene rings is 1. The van der Waals surface area contributed by atoms with Crippen molar-refractivity contribution in [3.8, 4) is 11.4 Å². The van der Waals surface area contributed by atoms with Crippen molar-refractivity contribution in [3.05, 3.63) is 40.6 Å². The van der Waals surface area contributed by atoms with Gasteiger partial charge in [-0.15, -0.1) is 0 Å². The highest BCUT2D eigenvalue weighted by Gasteiger charge is 2.18. The number of rotatable bonds is 4. The molecule has 1 heterocycles. The summed E-state index contributed by atoms with van der Waals surface area (Å²) < 4.78 is 6.70. The molecule has 0 aliphatic rings. The number of nitrogens with zero attached hydrogens (tertiary/aromatic N) is 2. The minimum absolute atomic E-state index is 0.297. The highest BCUT2D eigenvalue weighted by atomic mass is 16.5. The molecule has 0 amide bonds. The van der Waals surface area contributed by atoms with Gasteiger partial charge >= 0.3 is 5.69 Å². The molecule has 6 nitrogen and oxygen atoms in total. The number of ether oxygens (including phenoxy) is 1. The fraction of sp³-hybridized carbons (Fsp3) is 0.333. The highest BCUT2D eigenvalue weighted by Crippen LogP contribution is 2.23. The van der Waals surface area contributed by atoms with Crippen LogP contribution in [0, 0.1) is 0 Å². The Kier molecular flexibility index (Phi) is 3.47. The highest BCUT2D eigenvalue weighted by molar-refractivity contribution is 5.47. The molecule has 1 atom stereocenters. The third-order valence-corrected chi connectivity index (χ3v) is 2.80. The van der Waals surface area contributed by atoms with Crippen molar-refractivity contribution in [3.63, 3.8) is 0 Å². The van der Waals surface area contributed by atoms with Crippen LogP contribution in [-0.4, -0.2) is 21.9 Å². The topological polar surface area (TPSA) is 85.9 Å². The van der Waals surface area contributed by atoms with Crippen molar-refractivity contribution in [1.29, 1.82) is 0 Å². The van der Waals surface area contributed by atoms with Crippen molar-refractivity contribution in [2.24, 2.45) is 5.73 Å². The van der Waals surface area contributed by atoms with Crippen LogP contribution in [0.3, 0.4) is 0 Å². The Hall–Kier alpha value is -2.08. The number of aromatic nitrogens is 3. The zero-order chi connectivity index (χ0) is 13.1. The van der Waals surface area contributed by atoms with Crippen LogP contribution in [0.25, 0.3) is 5.69 Å². The minimum Gasteiger partial charge on any atom is -0.495 e. The molecule has 18 heavy (non-hydrogen) atoms. The third kappa shape index (κ3) is 2.02. The van der Waals surface area contributed by atoms with Crippen LogP contribution >= 0.6 is 0 Å². The molecule has 1 aromatic carbocycles. The molecule has 0 aliphatic carbocycles. The van der Waals surface area contributed by atoms with Gasteiger partial charge in [-0.05, 0) is 18.6 Å². The molecule has 0 spiro atoms. The van der Waals surface area contributed by atoms with Crippen molar-refractivity contribution in [2.75, 3.05) is 7.11 Å². The van der Waals surface area contributed by atoms with Gasteiger partial charge in [-0.3, -0.25) is 0 Å². The van der Waals surface area contributed by atoms with E-state index in [1.54, 1.807) is 19.2 Å². The van der Waals surface area contributed by atoms with Gasteiger partial charge in [0, 0.05) is 0 Å². The number of methoxy groups -OCH3 is 1. The molecular weight excluding hydrogens is 232 g/mol. The number of H-pyrrole nitrogens is 1. The van der Waals surface area contributed by atoms with E-state index in [0.717, 1.165) is 0 Å². The monoisotopic (exact) mass is 248 g/mol. The second-order valence-corrected chi connectivity index (χ2v) is 3.91. The first-order valence-electron chi connectivity index (χ1n) is 5.75. The lowest BCUT2D eigenvalue weighted by Gasteiger charge is -2.13. The van der Waals surface area contributed by atoms with Gasteiger partial charge in [-0.1, -0.05) is 19.1 Å². The standard InChI is InChI=1S/C12H16N4O2/c1-3-8(13)11-14-15-12(17)16(11)9-6-4-5-7-10(9)18-2/h4-8H,3,13H2,1-2H3,(H,15,17). The predicted octanol–water partition coefficient (Wildman–Crippen LogP) is 0.979. The van der Waals surface area contributed by atoms with E-state index in [2.05, 4.69) is 10.2 Å². The third-order valence-electron chi connectivity index (χ3n) is 2.80. The zero-order valence-corrected chi connectivity index (χ0v) is 10.4. The molecule has 0 saturated heterocycles. The van der Waals surface area contributed by atoms with E-state index in [9.17, 15) is 4.79 Å². The van der Waals surface area contributed by atoms with Crippen molar-refractivity contribution < 1.29 is 4.74 Å². The van der Waals surface area contributed by atoms with Crippen LogP contribution in [0.15, 0.2) is 29.1 Å². The summed E-state index contributed by atoms with van der Waals surface area (Å²) >= 11 is 0.